The van der Waals surface area contributed by atoms with Crippen molar-refractivity contribution in [2.45, 2.75) is 103 Å². The summed E-state index contributed by atoms with van der Waals surface area (Å²) >= 11 is 2.25. The van der Waals surface area contributed by atoms with E-state index in [0.717, 1.165) is 54.1 Å². The Morgan fingerprint density at radius 3 is 2.42 bits per heavy atom. The number of Topliss-reactive ketones (excluding diaryl/α,β-unsaturated/α-hetero) is 1. The second-order valence-corrected chi connectivity index (χ2v) is 14.2. The highest BCUT2D eigenvalue weighted by molar-refractivity contribution is 14.1. The van der Waals surface area contributed by atoms with Gasteiger partial charge in [0.2, 0.25) is 0 Å². The smallest absolute Gasteiger partial charge is 0.310 e. The predicted molar refractivity (Wildman–Crippen MR) is 151 cm³/mol. The molecule has 6 nitrogen and oxygen atoms in total. The SMILES string of the molecule is CC(=O)O[C@H]1CC[C@@]2(C)[C@@H](C1)C[C@@H](OC(=O)Cc1cccc(I)c1)[C@@H]1[C@@H]2CC[C@@]2(C)[C@H]1CC[C@]2(O)C(C)=O. The molecule has 0 saturated heterocycles. The zero-order valence-electron chi connectivity index (χ0n) is 23.0. The summed E-state index contributed by atoms with van der Waals surface area (Å²) < 4.78 is 13.1. The molecule has 4 saturated carbocycles. The van der Waals surface area contributed by atoms with Crippen molar-refractivity contribution < 1.29 is 29.0 Å². The van der Waals surface area contributed by atoms with Gasteiger partial charge < -0.3 is 14.6 Å². The number of hydrogen-bond donors (Lipinski definition) is 1. The van der Waals surface area contributed by atoms with Crippen LogP contribution >= 0.6 is 22.6 Å². The highest BCUT2D eigenvalue weighted by atomic mass is 127. The van der Waals surface area contributed by atoms with Crippen molar-refractivity contribution in [3.05, 3.63) is 33.4 Å². The number of carbonyl (C=O) groups is 3. The van der Waals surface area contributed by atoms with Crippen molar-refractivity contribution in [2.24, 2.45) is 34.5 Å². The van der Waals surface area contributed by atoms with Crippen molar-refractivity contribution in [3.8, 4) is 0 Å². The van der Waals surface area contributed by atoms with E-state index in [-0.39, 0.29) is 59.5 Å². The fourth-order valence-electron chi connectivity index (χ4n) is 9.24. The largest absolute Gasteiger partial charge is 0.463 e. The van der Waals surface area contributed by atoms with Gasteiger partial charge in [-0.25, -0.2) is 0 Å². The molecule has 5 rings (SSSR count). The maximum Gasteiger partial charge on any atom is 0.310 e. The van der Waals surface area contributed by atoms with Crippen LogP contribution in [0.4, 0.5) is 0 Å². The Balaban J connectivity index is 1.46. The number of aliphatic hydroxyl groups is 1. The lowest BCUT2D eigenvalue weighted by Crippen LogP contribution is -2.62. The lowest BCUT2D eigenvalue weighted by Gasteiger charge is -2.63. The van der Waals surface area contributed by atoms with Gasteiger partial charge in [0.15, 0.2) is 5.78 Å². The van der Waals surface area contributed by atoms with Crippen LogP contribution in [0.3, 0.4) is 0 Å². The zero-order chi connectivity index (χ0) is 27.5. The van der Waals surface area contributed by atoms with Gasteiger partial charge in [-0.3, -0.25) is 14.4 Å². The summed E-state index contributed by atoms with van der Waals surface area (Å²) in [5, 5.41) is 11.6. The molecule has 9 atom stereocenters. The number of halogens is 1. The first kappa shape index (κ1) is 28.1. The van der Waals surface area contributed by atoms with Crippen LogP contribution in [-0.4, -0.2) is 40.6 Å². The van der Waals surface area contributed by atoms with E-state index in [4.69, 9.17) is 9.47 Å². The van der Waals surface area contributed by atoms with Gasteiger partial charge in [-0.1, -0.05) is 26.0 Å². The maximum atomic E-state index is 13.3. The molecule has 0 aromatic heterocycles. The van der Waals surface area contributed by atoms with Crippen molar-refractivity contribution in [2.75, 3.05) is 0 Å². The molecule has 4 aliphatic carbocycles. The topological polar surface area (TPSA) is 89.9 Å². The summed E-state index contributed by atoms with van der Waals surface area (Å²) in [5.41, 5.74) is -0.842. The zero-order valence-corrected chi connectivity index (χ0v) is 25.2. The van der Waals surface area contributed by atoms with E-state index < -0.39 is 11.0 Å². The first-order valence-corrected chi connectivity index (χ1v) is 15.3. The Morgan fingerprint density at radius 2 is 1.74 bits per heavy atom. The number of fused-ring (bicyclic) bond motifs is 5. The second-order valence-electron chi connectivity index (χ2n) is 13.0. The van der Waals surface area contributed by atoms with E-state index in [1.54, 1.807) is 0 Å². The number of ether oxygens (including phenoxy) is 2. The number of rotatable bonds is 5. The van der Waals surface area contributed by atoms with Gasteiger partial charge in [-0.05, 0) is 122 Å². The molecular formula is C31H41IO6. The van der Waals surface area contributed by atoms with Gasteiger partial charge in [-0.2, -0.15) is 0 Å². The van der Waals surface area contributed by atoms with E-state index in [1.165, 1.54) is 13.8 Å². The fourth-order valence-corrected chi connectivity index (χ4v) is 9.85. The molecule has 208 valence electrons. The van der Waals surface area contributed by atoms with Gasteiger partial charge in [-0.15, -0.1) is 0 Å². The van der Waals surface area contributed by atoms with Crippen LogP contribution in [0.2, 0.25) is 0 Å². The third-order valence-corrected chi connectivity index (χ3v) is 11.9. The number of esters is 2. The summed E-state index contributed by atoms with van der Waals surface area (Å²) in [6.07, 6.45) is 6.17. The van der Waals surface area contributed by atoms with E-state index in [2.05, 4.69) is 36.4 Å². The van der Waals surface area contributed by atoms with Crippen LogP contribution in [0.15, 0.2) is 24.3 Å². The summed E-state index contributed by atoms with van der Waals surface area (Å²) in [7, 11) is 0. The van der Waals surface area contributed by atoms with Crippen LogP contribution < -0.4 is 0 Å². The molecule has 4 fully saturated rings. The van der Waals surface area contributed by atoms with E-state index in [1.807, 2.05) is 24.3 Å². The Labute approximate surface area is 239 Å². The molecule has 0 heterocycles. The minimum absolute atomic E-state index is 0.0536. The highest BCUT2D eigenvalue weighted by Crippen LogP contribution is 2.68. The molecule has 0 radical (unpaired) electrons. The molecule has 0 unspecified atom stereocenters. The molecule has 4 aliphatic rings. The normalized spacial score (nSPS) is 41.8. The first-order valence-electron chi connectivity index (χ1n) is 14.2. The Morgan fingerprint density at radius 1 is 1.00 bits per heavy atom. The monoisotopic (exact) mass is 636 g/mol. The van der Waals surface area contributed by atoms with Crippen molar-refractivity contribution in [3.63, 3.8) is 0 Å². The molecular weight excluding hydrogens is 595 g/mol. The van der Waals surface area contributed by atoms with Crippen molar-refractivity contribution >= 4 is 40.3 Å². The summed E-state index contributed by atoms with van der Waals surface area (Å²) in [4.78, 5) is 37.8. The summed E-state index contributed by atoms with van der Waals surface area (Å²) in [6, 6.07) is 7.92. The third kappa shape index (κ3) is 4.63. The summed E-state index contributed by atoms with van der Waals surface area (Å²) in [6.45, 7) is 7.47. The second kappa shape index (κ2) is 10.2. The number of benzene rings is 1. The van der Waals surface area contributed by atoms with Crippen LogP contribution in [-0.2, 0) is 30.3 Å². The van der Waals surface area contributed by atoms with Gasteiger partial charge in [0.05, 0.1) is 6.42 Å². The van der Waals surface area contributed by atoms with Gasteiger partial charge in [0.25, 0.3) is 0 Å². The first-order chi connectivity index (χ1) is 17.9. The molecule has 0 spiro atoms. The van der Waals surface area contributed by atoms with Gasteiger partial charge in [0, 0.05) is 21.8 Å². The highest BCUT2D eigenvalue weighted by Gasteiger charge is 2.68. The van der Waals surface area contributed by atoms with Crippen molar-refractivity contribution in [1.29, 1.82) is 0 Å². The molecule has 1 aromatic rings. The van der Waals surface area contributed by atoms with Gasteiger partial charge in [0.1, 0.15) is 17.8 Å². The molecule has 0 aliphatic heterocycles. The van der Waals surface area contributed by atoms with Gasteiger partial charge >= 0.3 is 11.9 Å². The average molecular weight is 637 g/mol. The predicted octanol–water partition coefficient (Wildman–Crippen LogP) is 5.65. The molecule has 38 heavy (non-hydrogen) atoms. The minimum atomic E-state index is -1.32. The maximum absolute atomic E-state index is 13.3. The number of carbonyl (C=O) groups excluding carboxylic acids is 3. The minimum Gasteiger partial charge on any atom is -0.463 e. The fraction of sp³-hybridized carbons (Fsp3) is 0.710. The molecule has 1 N–H and O–H groups in total. The van der Waals surface area contributed by atoms with Crippen LogP contribution in [0, 0.1) is 38.1 Å². The van der Waals surface area contributed by atoms with E-state index in [9.17, 15) is 19.5 Å². The summed E-state index contributed by atoms with van der Waals surface area (Å²) in [5.74, 6) is 0.240. The number of hydrogen-bond acceptors (Lipinski definition) is 6. The average Bonchev–Trinajstić information content (AvgIpc) is 3.11. The molecule has 0 amide bonds. The quantitative estimate of drug-likeness (QED) is 0.332. The third-order valence-electron chi connectivity index (χ3n) is 11.2. The molecule has 0 bridgehead atoms. The standard InChI is InChI=1S/C31H41IO6/c1-18(33)31(36)13-10-25-28-24(9-12-30(25,31)4)29(3)11-8-23(37-19(2)34)16-21(29)17-26(28)38-27(35)15-20-6-5-7-22(32)14-20/h5-7,14,21,23-26,28,36H,8-13,15-17H2,1-4H3/t21-,23-,24-,25-,26+,28+,29-,30-,31-/m0/s1. The molecule has 7 heteroatoms. The Bertz CT molecular complexity index is 1120. The van der Waals surface area contributed by atoms with Crippen LogP contribution in [0.5, 0.6) is 0 Å². The Hall–Kier alpha value is -1.48. The molecule has 1 aromatic carbocycles. The van der Waals surface area contributed by atoms with E-state index >= 15 is 0 Å². The van der Waals surface area contributed by atoms with Crippen molar-refractivity contribution in [1.82, 2.24) is 0 Å². The van der Waals surface area contributed by atoms with Crippen LogP contribution in [0.1, 0.15) is 84.6 Å². The van der Waals surface area contributed by atoms with E-state index in [0.29, 0.717) is 12.3 Å². The lowest BCUT2D eigenvalue weighted by atomic mass is 9.43. The number of ketones is 1. The Kier molecular flexibility index (Phi) is 7.51. The van der Waals surface area contributed by atoms with Crippen LogP contribution in [0.25, 0.3) is 0 Å². The lowest BCUT2D eigenvalue weighted by molar-refractivity contribution is -0.207.